The van der Waals surface area contributed by atoms with Crippen LogP contribution in [0.1, 0.15) is 37.1 Å². The predicted molar refractivity (Wildman–Crippen MR) is 100 cm³/mol. The third-order valence-electron chi connectivity index (χ3n) is 4.43. The summed E-state index contributed by atoms with van der Waals surface area (Å²) in [5.41, 5.74) is 1.27. The molecule has 1 atom stereocenters. The molecule has 0 unspecified atom stereocenters. The van der Waals surface area contributed by atoms with E-state index in [1.807, 2.05) is 13.8 Å². The van der Waals surface area contributed by atoms with Gasteiger partial charge in [0, 0.05) is 25.5 Å². The maximum atomic E-state index is 13.0. The number of carbonyl (C=O) groups excluding carboxylic acids is 1. The smallest absolute Gasteiger partial charge is 0.263 e. The van der Waals surface area contributed by atoms with Crippen LogP contribution in [0.3, 0.4) is 0 Å². The first-order valence-electron chi connectivity index (χ1n) is 8.37. The van der Waals surface area contributed by atoms with Crippen LogP contribution in [0.5, 0.6) is 0 Å². The SMILES string of the molecule is CCn1c(S[C@@H](C)C(=O)N(C)C)nc2sc3c(c2c1=O)CCCC3. The first kappa shape index (κ1) is 17.5. The van der Waals surface area contributed by atoms with Crippen molar-refractivity contribution >= 4 is 39.2 Å². The van der Waals surface area contributed by atoms with Crippen molar-refractivity contribution in [2.45, 2.75) is 56.5 Å². The number of thioether (sulfide) groups is 1. The second-order valence-electron chi connectivity index (χ2n) is 6.33. The van der Waals surface area contributed by atoms with Gasteiger partial charge in [0.1, 0.15) is 4.83 Å². The van der Waals surface area contributed by atoms with Crippen LogP contribution in [0, 0.1) is 0 Å². The number of carbonyl (C=O) groups is 1. The molecule has 0 fully saturated rings. The fourth-order valence-electron chi connectivity index (χ4n) is 3.16. The zero-order chi connectivity index (χ0) is 17.4. The summed E-state index contributed by atoms with van der Waals surface area (Å²) in [5.74, 6) is 0.0301. The molecule has 2 aromatic heterocycles. The summed E-state index contributed by atoms with van der Waals surface area (Å²) in [6.45, 7) is 4.39. The summed E-state index contributed by atoms with van der Waals surface area (Å²) in [6, 6.07) is 0. The third kappa shape index (κ3) is 2.99. The van der Waals surface area contributed by atoms with Gasteiger partial charge in [-0.15, -0.1) is 11.3 Å². The molecule has 24 heavy (non-hydrogen) atoms. The topological polar surface area (TPSA) is 55.2 Å². The van der Waals surface area contributed by atoms with Crippen molar-refractivity contribution in [1.82, 2.24) is 14.5 Å². The number of thiophene rings is 1. The molecule has 0 saturated carbocycles. The van der Waals surface area contributed by atoms with Crippen molar-refractivity contribution < 1.29 is 4.79 Å². The summed E-state index contributed by atoms with van der Waals surface area (Å²) in [4.78, 5) is 33.7. The molecule has 0 radical (unpaired) electrons. The summed E-state index contributed by atoms with van der Waals surface area (Å²) < 4.78 is 1.72. The highest BCUT2D eigenvalue weighted by Crippen LogP contribution is 2.35. The third-order valence-corrected chi connectivity index (χ3v) is 6.69. The van der Waals surface area contributed by atoms with E-state index in [0.29, 0.717) is 11.7 Å². The van der Waals surface area contributed by atoms with Crippen LogP contribution < -0.4 is 5.56 Å². The van der Waals surface area contributed by atoms with Crippen LogP contribution in [-0.2, 0) is 24.2 Å². The molecule has 1 amide bonds. The van der Waals surface area contributed by atoms with Crippen molar-refractivity contribution in [1.29, 1.82) is 0 Å². The number of nitrogens with zero attached hydrogens (tertiary/aromatic N) is 3. The minimum atomic E-state index is -0.267. The standard InChI is InChI=1S/C17H23N3O2S2/c1-5-20-16(22)13-11-8-6-7-9-12(11)24-14(13)18-17(20)23-10(2)15(21)19(3)4/h10H,5-9H2,1-4H3/t10-/m0/s1. The van der Waals surface area contributed by atoms with Gasteiger partial charge in [0.2, 0.25) is 5.91 Å². The summed E-state index contributed by atoms with van der Waals surface area (Å²) >= 11 is 3.03. The fourth-order valence-corrected chi connectivity index (χ4v) is 5.58. The Morgan fingerprint density at radius 3 is 2.75 bits per heavy atom. The molecular weight excluding hydrogens is 342 g/mol. The number of amides is 1. The lowest BCUT2D eigenvalue weighted by Gasteiger charge is -2.17. The molecule has 2 heterocycles. The van der Waals surface area contributed by atoms with Gasteiger partial charge in [-0.3, -0.25) is 14.2 Å². The summed E-state index contributed by atoms with van der Waals surface area (Å²) in [7, 11) is 3.49. The Bertz CT molecular complexity index is 838. The number of rotatable bonds is 4. The van der Waals surface area contributed by atoms with E-state index in [1.165, 1.54) is 28.6 Å². The Balaban J connectivity index is 2.09. The van der Waals surface area contributed by atoms with Crippen molar-refractivity contribution in [3.05, 3.63) is 20.8 Å². The zero-order valence-corrected chi connectivity index (χ0v) is 16.2. The van der Waals surface area contributed by atoms with E-state index in [0.717, 1.165) is 29.5 Å². The second-order valence-corrected chi connectivity index (χ2v) is 8.72. The number of hydrogen-bond donors (Lipinski definition) is 0. The zero-order valence-electron chi connectivity index (χ0n) is 14.6. The molecule has 130 valence electrons. The average molecular weight is 366 g/mol. The van der Waals surface area contributed by atoms with Gasteiger partial charge in [-0.1, -0.05) is 11.8 Å². The van der Waals surface area contributed by atoms with Crippen LogP contribution in [0.15, 0.2) is 9.95 Å². The first-order chi connectivity index (χ1) is 11.4. The lowest BCUT2D eigenvalue weighted by atomic mass is 9.97. The molecule has 0 saturated heterocycles. The highest BCUT2D eigenvalue weighted by Gasteiger charge is 2.24. The lowest BCUT2D eigenvalue weighted by molar-refractivity contribution is -0.127. The molecular formula is C17H23N3O2S2. The monoisotopic (exact) mass is 365 g/mol. The Morgan fingerprint density at radius 1 is 1.38 bits per heavy atom. The van der Waals surface area contributed by atoms with Gasteiger partial charge >= 0.3 is 0 Å². The maximum Gasteiger partial charge on any atom is 0.263 e. The first-order valence-corrected chi connectivity index (χ1v) is 10.1. The number of aryl methyl sites for hydroxylation is 2. The molecule has 7 heteroatoms. The molecule has 5 nitrogen and oxygen atoms in total. The normalized spacial score (nSPS) is 15.3. The molecule has 3 rings (SSSR count). The van der Waals surface area contributed by atoms with Crippen molar-refractivity contribution in [2.24, 2.45) is 0 Å². The lowest BCUT2D eigenvalue weighted by Crippen LogP contribution is -2.31. The van der Waals surface area contributed by atoms with Crippen molar-refractivity contribution in [2.75, 3.05) is 14.1 Å². The molecule has 1 aliphatic carbocycles. The number of aromatic nitrogens is 2. The summed E-state index contributed by atoms with van der Waals surface area (Å²) in [6.07, 6.45) is 4.38. The highest BCUT2D eigenvalue weighted by atomic mass is 32.2. The van der Waals surface area contributed by atoms with Gasteiger partial charge in [-0.25, -0.2) is 4.98 Å². The van der Waals surface area contributed by atoms with E-state index in [9.17, 15) is 9.59 Å². The van der Waals surface area contributed by atoms with E-state index in [2.05, 4.69) is 0 Å². The largest absolute Gasteiger partial charge is 0.348 e. The van der Waals surface area contributed by atoms with E-state index >= 15 is 0 Å². The van der Waals surface area contributed by atoms with Crippen LogP contribution in [0.4, 0.5) is 0 Å². The van der Waals surface area contributed by atoms with Crippen molar-refractivity contribution in [3.8, 4) is 0 Å². The highest BCUT2D eigenvalue weighted by molar-refractivity contribution is 8.00. The predicted octanol–water partition coefficient (Wildman–Crippen LogP) is 2.93. The van der Waals surface area contributed by atoms with E-state index in [1.54, 1.807) is 34.9 Å². The maximum absolute atomic E-state index is 13.0. The Hall–Kier alpha value is -1.34. The minimum absolute atomic E-state index is 0.0301. The number of hydrogen-bond acceptors (Lipinski definition) is 5. The van der Waals surface area contributed by atoms with E-state index in [-0.39, 0.29) is 16.7 Å². The molecule has 2 aromatic rings. The fraction of sp³-hybridized carbons (Fsp3) is 0.588. The number of fused-ring (bicyclic) bond motifs is 3. The molecule has 0 spiro atoms. The quantitative estimate of drug-likeness (QED) is 0.617. The molecule has 0 aromatic carbocycles. The van der Waals surface area contributed by atoms with Crippen LogP contribution in [0.2, 0.25) is 0 Å². The molecule has 0 bridgehead atoms. The molecule has 0 N–H and O–H groups in total. The molecule has 0 aliphatic heterocycles. The van der Waals surface area contributed by atoms with Gasteiger partial charge < -0.3 is 4.90 Å². The van der Waals surface area contributed by atoms with E-state index < -0.39 is 0 Å². The Labute approximate surface area is 150 Å². The van der Waals surface area contributed by atoms with Crippen LogP contribution in [-0.4, -0.2) is 39.7 Å². The van der Waals surface area contributed by atoms with Gasteiger partial charge in [-0.2, -0.15) is 0 Å². The van der Waals surface area contributed by atoms with Gasteiger partial charge in [0.25, 0.3) is 5.56 Å². The minimum Gasteiger partial charge on any atom is -0.348 e. The second kappa shape index (κ2) is 6.88. The Kier molecular flexibility index (Phi) is 5.01. The van der Waals surface area contributed by atoms with Gasteiger partial charge in [-0.05, 0) is 45.1 Å². The van der Waals surface area contributed by atoms with Gasteiger partial charge in [0.05, 0.1) is 10.6 Å². The van der Waals surface area contributed by atoms with Crippen LogP contribution in [0.25, 0.3) is 10.2 Å². The van der Waals surface area contributed by atoms with E-state index in [4.69, 9.17) is 4.98 Å². The molecule has 1 aliphatic rings. The Morgan fingerprint density at radius 2 is 2.08 bits per heavy atom. The van der Waals surface area contributed by atoms with Crippen LogP contribution >= 0.6 is 23.1 Å². The average Bonchev–Trinajstić information content (AvgIpc) is 2.92. The van der Waals surface area contributed by atoms with Crippen molar-refractivity contribution in [3.63, 3.8) is 0 Å². The summed E-state index contributed by atoms with van der Waals surface area (Å²) in [5, 5.41) is 1.19. The van der Waals surface area contributed by atoms with Gasteiger partial charge in [0.15, 0.2) is 5.16 Å².